The highest BCUT2D eigenvalue weighted by atomic mass is 16.5. The number of nitrogens with one attached hydrogen (secondary N) is 1. The molecule has 1 heterocycles. The Morgan fingerprint density at radius 2 is 1.86 bits per heavy atom. The Kier molecular flexibility index (Phi) is 7.07. The number of amides is 1. The zero-order valence-corrected chi connectivity index (χ0v) is 21.6. The molecule has 2 aliphatic carbocycles. The summed E-state index contributed by atoms with van der Waals surface area (Å²) in [5, 5.41) is 3.17. The van der Waals surface area contributed by atoms with Crippen LogP contribution >= 0.6 is 0 Å². The minimum Gasteiger partial charge on any atom is -0.445 e. The van der Waals surface area contributed by atoms with Crippen molar-refractivity contribution in [2.45, 2.75) is 63.5 Å². The first kappa shape index (κ1) is 24.8. The second kappa shape index (κ2) is 10.3. The Morgan fingerprint density at radius 1 is 1.06 bits per heavy atom. The molecule has 1 unspecified atom stereocenters. The number of benzene rings is 2. The molecule has 0 bridgehead atoms. The predicted molar refractivity (Wildman–Crippen MR) is 138 cm³/mol. The number of carbonyl (C=O) groups is 2. The Bertz CT molecular complexity index is 1090. The van der Waals surface area contributed by atoms with Gasteiger partial charge in [0.15, 0.2) is 0 Å². The predicted octanol–water partition coefficient (Wildman–Crippen LogP) is 5.21. The standard InChI is InChI=1S/C30H38N2O4/c1-22(33)36-28-10-6-9-25(17-28)30-15-16-32(2,19-23-11-12-23)20-26(30)13-14-27(18-30)31-29(34)35-21-24-7-4-3-5-8-24/h3-10,17,23,26-27H,11-16,18-21H2,1-2H3/p+1/t26?,27-,30+,32-/m1/s1. The van der Waals surface area contributed by atoms with Crippen molar-refractivity contribution in [3.63, 3.8) is 0 Å². The maximum absolute atomic E-state index is 12.7. The van der Waals surface area contributed by atoms with Gasteiger partial charge in [-0.2, -0.15) is 0 Å². The van der Waals surface area contributed by atoms with E-state index in [0.29, 0.717) is 11.7 Å². The summed E-state index contributed by atoms with van der Waals surface area (Å²) in [6.45, 7) is 5.30. The third-order valence-corrected chi connectivity index (χ3v) is 8.62. The van der Waals surface area contributed by atoms with Crippen LogP contribution < -0.4 is 10.1 Å². The van der Waals surface area contributed by atoms with Crippen LogP contribution in [-0.4, -0.2) is 49.3 Å². The maximum atomic E-state index is 12.7. The van der Waals surface area contributed by atoms with Crippen molar-refractivity contribution in [1.82, 2.24) is 5.32 Å². The van der Waals surface area contributed by atoms with Crippen molar-refractivity contribution in [3.05, 3.63) is 65.7 Å². The summed E-state index contributed by atoms with van der Waals surface area (Å²) in [4.78, 5) is 24.3. The molecule has 4 atom stereocenters. The van der Waals surface area contributed by atoms with Gasteiger partial charge in [-0.05, 0) is 55.4 Å². The number of rotatable bonds is 7. The van der Waals surface area contributed by atoms with Crippen LogP contribution in [0.15, 0.2) is 54.6 Å². The summed E-state index contributed by atoms with van der Waals surface area (Å²) in [5.41, 5.74) is 2.16. The van der Waals surface area contributed by atoms with Gasteiger partial charge in [-0.15, -0.1) is 0 Å². The molecule has 2 saturated carbocycles. The number of nitrogens with zero attached hydrogens (tertiary/aromatic N) is 1. The minimum atomic E-state index is -0.351. The van der Waals surface area contributed by atoms with E-state index >= 15 is 0 Å². The fraction of sp³-hybridized carbons (Fsp3) is 0.533. The molecule has 192 valence electrons. The third-order valence-electron chi connectivity index (χ3n) is 8.62. The van der Waals surface area contributed by atoms with E-state index in [4.69, 9.17) is 9.47 Å². The molecule has 6 nitrogen and oxygen atoms in total. The van der Waals surface area contributed by atoms with E-state index in [1.807, 2.05) is 42.5 Å². The number of likely N-dealkylation sites (tertiary alicyclic amines) is 1. The summed E-state index contributed by atoms with van der Waals surface area (Å²) in [6, 6.07) is 17.9. The molecule has 1 aliphatic heterocycles. The lowest BCUT2D eigenvalue weighted by Gasteiger charge is -2.55. The van der Waals surface area contributed by atoms with Crippen molar-refractivity contribution < 1.29 is 23.5 Å². The minimum absolute atomic E-state index is 0.0485. The molecule has 0 radical (unpaired) electrons. The quantitative estimate of drug-likeness (QED) is 0.328. The van der Waals surface area contributed by atoms with Crippen LogP contribution in [0.25, 0.3) is 0 Å². The topological polar surface area (TPSA) is 64.6 Å². The van der Waals surface area contributed by atoms with Crippen molar-refractivity contribution in [2.24, 2.45) is 11.8 Å². The largest absolute Gasteiger partial charge is 0.445 e. The lowest BCUT2D eigenvalue weighted by Crippen LogP contribution is -2.62. The van der Waals surface area contributed by atoms with Crippen LogP contribution in [-0.2, 0) is 21.6 Å². The van der Waals surface area contributed by atoms with Gasteiger partial charge in [0.2, 0.25) is 0 Å². The zero-order valence-electron chi connectivity index (χ0n) is 21.6. The average molecular weight is 492 g/mol. The van der Waals surface area contributed by atoms with E-state index in [9.17, 15) is 9.59 Å². The number of hydrogen-bond acceptors (Lipinski definition) is 4. The van der Waals surface area contributed by atoms with Gasteiger partial charge >= 0.3 is 12.1 Å². The number of esters is 1. The number of quaternary nitrogens is 1. The Balaban J connectivity index is 1.33. The van der Waals surface area contributed by atoms with Crippen LogP contribution in [0.3, 0.4) is 0 Å². The van der Waals surface area contributed by atoms with Crippen LogP contribution in [0.1, 0.15) is 56.6 Å². The molecular formula is C30H39N2O4+. The van der Waals surface area contributed by atoms with E-state index in [-0.39, 0.29) is 30.1 Å². The molecule has 3 fully saturated rings. The van der Waals surface area contributed by atoms with E-state index < -0.39 is 0 Å². The van der Waals surface area contributed by atoms with Gasteiger partial charge in [0.05, 0.1) is 26.7 Å². The van der Waals surface area contributed by atoms with Crippen LogP contribution in [0.4, 0.5) is 4.79 Å². The number of alkyl carbamates (subject to hydrolysis) is 1. The number of piperidine rings is 1. The summed E-state index contributed by atoms with van der Waals surface area (Å²) in [7, 11) is 2.43. The molecule has 0 aromatic heterocycles. The molecule has 1 N–H and O–H groups in total. The van der Waals surface area contributed by atoms with Crippen molar-refractivity contribution in [3.8, 4) is 5.75 Å². The van der Waals surface area contributed by atoms with Gasteiger partial charge in [-0.3, -0.25) is 4.79 Å². The lowest BCUT2D eigenvalue weighted by atomic mass is 9.57. The first-order valence-corrected chi connectivity index (χ1v) is 13.4. The van der Waals surface area contributed by atoms with Crippen LogP contribution in [0.5, 0.6) is 5.75 Å². The summed E-state index contributed by atoms with van der Waals surface area (Å²) in [6.07, 6.45) is 6.39. The first-order chi connectivity index (χ1) is 17.3. The molecule has 6 heteroatoms. The summed E-state index contributed by atoms with van der Waals surface area (Å²) >= 11 is 0. The molecule has 5 rings (SSSR count). The highest BCUT2D eigenvalue weighted by Gasteiger charge is 2.53. The molecule has 2 aromatic rings. The highest BCUT2D eigenvalue weighted by Crippen LogP contribution is 2.51. The van der Waals surface area contributed by atoms with Gasteiger partial charge in [-0.25, -0.2) is 4.79 Å². The second-order valence-electron chi connectivity index (χ2n) is 11.6. The van der Waals surface area contributed by atoms with Gasteiger partial charge in [0.1, 0.15) is 12.4 Å². The monoisotopic (exact) mass is 491 g/mol. The zero-order chi connectivity index (χ0) is 25.2. The van der Waals surface area contributed by atoms with Crippen molar-refractivity contribution in [2.75, 3.05) is 26.7 Å². The Hall–Kier alpha value is -2.86. The average Bonchev–Trinajstić information content (AvgIpc) is 3.67. The van der Waals surface area contributed by atoms with E-state index in [1.165, 1.54) is 38.4 Å². The Labute approximate surface area is 214 Å². The smallest absolute Gasteiger partial charge is 0.407 e. The number of fused-ring (bicyclic) bond motifs is 1. The number of hydrogen-bond donors (Lipinski definition) is 1. The van der Waals surface area contributed by atoms with E-state index in [2.05, 4.69) is 24.5 Å². The number of carbonyl (C=O) groups excluding carboxylic acids is 2. The van der Waals surface area contributed by atoms with Crippen LogP contribution in [0, 0.1) is 11.8 Å². The third kappa shape index (κ3) is 5.75. The van der Waals surface area contributed by atoms with E-state index in [1.54, 1.807) is 0 Å². The van der Waals surface area contributed by atoms with Crippen molar-refractivity contribution in [1.29, 1.82) is 0 Å². The lowest BCUT2D eigenvalue weighted by molar-refractivity contribution is -0.921. The second-order valence-corrected chi connectivity index (χ2v) is 11.6. The van der Waals surface area contributed by atoms with E-state index in [0.717, 1.165) is 48.2 Å². The molecule has 1 amide bonds. The molecule has 0 spiro atoms. The van der Waals surface area contributed by atoms with Gasteiger partial charge in [0.25, 0.3) is 0 Å². The molecule has 36 heavy (non-hydrogen) atoms. The van der Waals surface area contributed by atoms with Gasteiger partial charge in [-0.1, -0.05) is 42.5 Å². The fourth-order valence-electron chi connectivity index (χ4n) is 6.73. The maximum Gasteiger partial charge on any atom is 0.407 e. The fourth-order valence-corrected chi connectivity index (χ4v) is 6.73. The highest BCUT2D eigenvalue weighted by molar-refractivity contribution is 5.69. The molecule has 1 saturated heterocycles. The summed E-state index contributed by atoms with van der Waals surface area (Å²) in [5.74, 6) is 1.72. The summed E-state index contributed by atoms with van der Waals surface area (Å²) < 4.78 is 12.1. The SMILES string of the molecule is CC(=O)Oc1cccc([C@@]23CC[N@+](C)(CC4CC4)CC2CC[C@@H](NC(=O)OCc2ccccc2)C3)c1. The Morgan fingerprint density at radius 3 is 2.61 bits per heavy atom. The molecule has 3 aliphatic rings. The van der Waals surface area contributed by atoms with Crippen molar-refractivity contribution >= 4 is 12.1 Å². The normalized spacial score (nSPS) is 29.6. The first-order valence-electron chi connectivity index (χ1n) is 13.4. The number of ether oxygens (including phenoxy) is 2. The van der Waals surface area contributed by atoms with Gasteiger partial charge in [0, 0.05) is 36.6 Å². The van der Waals surface area contributed by atoms with Crippen LogP contribution in [0.2, 0.25) is 0 Å². The molecule has 2 aromatic carbocycles. The van der Waals surface area contributed by atoms with Gasteiger partial charge < -0.3 is 19.3 Å². The molecular weight excluding hydrogens is 452 g/mol.